The van der Waals surface area contributed by atoms with Crippen LogP contribution >= 0.6 is 11.6 Å². The third-order valence-electron chi connectivity index (χ3n) is 5.05. The van der Waals surface area contributed by atoms with Gasteiger partial charge in [0.25, 0.3) is 0 Å². The first kappa shape index (κ1) is 22.4. The SMILES string of the molecule is COc1c(Cl)cccc1NCC(=O)Nc1cc(S(=O)(=O)N2CCCCC2)ccc1C. The number of anilines is 2. The molecule has 0 spiro atoms. The number of carbonyl (C=O) groups is 1. The molecule has 1 aliphatic rings. The third-order valence-corrected chi connectivity index (χ3v) is 7.24. The maximum Gasteiger partial charge on any atom is 0.243 e. The highest BCUT2D eigenvalue weighted by Crippen LogP contribution is 2.32. The molecule has 1 aliphatic heterocycles. The summed E-state index contributed by atoms with van der Waals surface area (Å²) in [4.78, 5) is 12.7. The fourth-order valence-electron chi connectivity index (χ4n) is 3.38. The van der Waals surface area contributed by atoms with E-state index in [9.17, 15) is 13.2 Å². The molecule has 1 fully saturated rings. The van der Waals surface area contributed by atoms with Crippen molar-refractivity contribution in [3.05, 3.63) is 47.0 Å². The number of sulfonamides is 1. The second kappa shape index (κ2) is 9.68. The van der Waals surface area contributed by atoms with Gasteiger partial charge < -0.3 is 15.4 Å². The molecule has 0 aliphatic carbocycles. The number of rotatable bonds is 7. The number of amides is 1. The molecular weight excluding hydrogens is 426 g/mol. The molecule has 2 aromatic carbocycles. The first-order chi connectivity index (χ1) is 14.3. The summed E-state index contributed by atoms with van der Waals surface area (Å²) < 4.78 is 32.6. The van der Waals surface area contributed by atoms with Crippen molar-refractivity contribution in [3.63, 3.8) is 0 Å². The Morgan fingerprint density at radius 1 is 1.13 bits per heavy atom. The number of piperidine rings is 1. The van der Waals surface area contributed by atoms with Crippen LogP contribution in [0.2, 0.25) is 5.02 Å². The van der Waals surface area contributed by atoms with E-state index in [2.05, 4.69) is 10.6 Å². The molecule has 0 radical (unpaired) electrons. The Kier molecular flexibility index (Phi) is 7.23. The number of hydrogen-bond donors (Lipinski definition) is 2. The zero-order valence-electron chi connectivity index (χ0n) is 17.1. The van der Waals surface area contributed by atoms with Gasteiger partial charge in [0.2, 0.25) is 15.9 Å². The largest absolute Gasteiger partial charge is 0.493 e. The maximum absolute atomic E-state index is 12.9. The molecule has 162 valence electrons. The van der Waals surface area contributed by atoms with Crippen molar-refractivity contribution in [3.8, 4) is 5.75 Å². The second-order valence-corrected chi connectivity index (χ2v) is 9.51. The molecule has 2 aromatic rings. The molecule has 2 N–H and O–H groups in total. The first-order valence-electron chi connectivity index (χ1n) is 9.80. The van der Waals surface area contributed by atoms with Crippen molar-refractivity contribution in [2.24, 2.45) is 0 Å². The number of ether oxygens (including phenoxy) is 1. The van der Waals surface area contributed by atoms with E-state index in [-0.39, 0.29) is 17.3 Å². The molecule has 7 nitrogen and oxygen atoms in total. The van der Waals surface area contributed by atoms with Gasteiger partial charge in [0.05, 0.1) is 29.3 Å². The zero-order chi connectivity index (χ0) is 21.7. The van der Waals surface area contributed by atoms with Gasteiger partial charge >= 0.3 is 0 Å². The smallest absolute Gasteiger partial charge is 0.243 e. The van der Waals surface area contributed by atoms with Gasteiger partial charge in [-0.05, 0) is 49.6 Å². The van der Waals surface area contributed by atoms with E-state index in [1.165, 1.54) is 17.5 Å². The van der Waals surface area contributed by atoms with Crippen molar-refractivity contribution in [1.29, 1.82) is 0 Å². The Labute approximate surface area is 182 Å². The van der Waals surface area contributed by atoms with E-state index in [0.717, 1.165) is 24.8 Å². The van der Waals surface area contributed by atoms with Crippen LogP contribution in [0.25, 0.3) is 0 Å². The lowest BCUT2D eigenvalue weighted by atomic mass is 10.2. The van der Waals surface area contributed by atoms with Crippen LogP contribution in [0.1, 0.15) is 24.8 Å². The average Bonchev–Trinajstić information content (AvgIpc) is 2.74. The van der Waals surface area contributed by atoms with Crippen LogP contribution in [0.4, 0.5) is 11.4 Å². The summed E-state index contributed by atoms with van der Waals surface area (Å²) in [6.07, 6.45) is 2.78. The normalized spacial score (nSPS) is 14.9. The highest BCUT2D eigenvalue weighted by atomic mass is 35.5. The summed E-state index contributed by atoms with van der Waals surface area (Å²) in [7, 11) is -2.07. The molecule has 3 rings (SSSR count). The Balaban J connectivity index is 1.71. The van der Waals surface area contributed by atoms with Crippen LogP contribution in [0.15, 0.2) is 41.3 Å². The number of nitrogens with one attached hydrogen (secondary N) is 2. The molecule has 9 heteroatoms. The summed E-state index contributed by atoms with van der Waals surface area (Å²) in [5.74, 6) is 0.144. The summed E-state index contributed by atoms with van der Waals surface area (Å²) in [6.45, 7) is 2.85. The highest BCUT2D eigenvalue weighted by Gasteiger charge is 2.26. The zero-order valence-corrected chi connectivity index (χ0v) is 18.6. The average molecular weight is 452 g/mol. The van der Waals surface area contributed by atoms with Gasteiger partial charge in [0.15, 0.2) is 5.75 Å². The van der Waals surface area contributed by atoms with E-state index < -0.39 is 10.0 Å². The number of hydrogen-bond acceptors (Lipinski definition) is 5. The molecule has 0 atom stereocenters. The number of halogens is 1. The minimum Gasteiger partial charge on any atom is -0.493 e. The lowest BCUT2D eigenvalue weighted by Gasteiger charge is -2.26. The van der Waals surface area contributed by atoms with E-state index in [1.54, 1.807) is 30.3 Å². The summed E-state index contributed by atoms with van der Waals surface area (Å²) in [5, 5.41) is 6.22. The minimum absolute atomic E-state index is 0.0285. The standard InChI is InChI=1S/C21H26ClN3O4S/c1-15-9-10-16(30(27,28)25-11-4-3-5-12-25)13-19(15)24-20(26)14-23-18-8-6-7-17(22)21(18)29-2/h6-10,13,23H,3-5,11-12,14H2,1-2H3,(H,24,26). The molecule has 1 saturated heterocycles. The maximum atomic E-state index is 12.9. The summed E-state index contributed by atoms with van der Waals surface area (Å²) >= 11 is 6.09. The van der Waals surface area contributed by atoms with Crippen molar-refractivity contribution in [2.75, 3.05) is 37.4 Å². The molecule has 0 unspecified atom stereocenters. The third kappa shape index (κ3) is 5.06. The van der Waals surface area contributed by atoms with Crippen LogP contribution in [0, 0.1) is 6.92 Å². The monoisotopic (exact) mass is 451 g/mol. The molecule has 30 heavy (non-hydrogen) atoms. The van der Waals surface area contributed by atoms with Gasteiger partial charge in [-0.25, -0.2) is 8.42 Å². The second-order valence-electron chi connectivity index (χ2n) is 7.16. The van der Waals surface area contributed by atoms with Crippen molar-refractivity contribution in [1.82, 2.24) is 4.31 Å². The van der Waals surface area contributed by atoms with Crippen LogP contribution in [-0.2, 0) is 14.8 Å². The van der Waals surface area contributed by atoms with Crippen LogP contribution in [0.3, 0.4) is 0 Å². The molecule has 1 amide bonds. The van der Waals surface area contributed by atoms with Gasteiger partial charge in [-0.15, -0.1) is 0 Å². The number of para-hydroxylation sites is 1. The van der Waals surface area contributed by atoms with E-state index in [1.807, 2.05) is 6.92 Å². The molecule has 0 aromatic heterocycles. The quantitative estimate of drug-likeness (QED) is 0.666. The minimum atomic E-state index is -3.57. The molecular formula is C21H26ClN3O4S. The Morgan fingerprint density at radius 2 is 1.87 bits per heavy atom. The summed E-state index contributed by atoms with van der Waals surface area (Å²) in [5.41, 5.74) is 1.84. The van der Waals surface area contributed by atoms with Gasteiger partial charge in [0, 0.05) is 18.8 Å². The predicted octanol–water partition coefficient (Wildman–Crippen LogP) is 3.88. The number of nitrogens with zero attached hydrogens (tertiary/aromatic N) is 1. The van der Waals surface area contributed by atoms with E-state index in [0.29, 0.717) is 35.2 Å². The van der Waals surface area contributed by atoms with Crippen LogP contribution in [-0.4, -0.2) is 45.4 Å². The fourth-order valence-corrected chi connectivity index (χ4v) is 5.17. The van der Waals surface area contributed by atoms with Crippen LogP contribution in [0.5, 0.6) is 5.75 Å². The number of aryl methyl sites for hydroxylation is 1. The van der Waals surface area contributed by atoms with Gasteiger partial charge in [-0.3, -0.25) is 4.79 Å². The number of methoxy groups -OCH3 is 1. The molecule has 0 saturated carbocycles. The van der Waals surface area contributed by atoms with Crippen molar-refractivity contribution < 1.29 is 17.9 Å². The first-order valence-corrected chi connectivity index (χ1v) is 11.6. The Morgan fingerprint density at radius 3 is 2.57 bits per heavy atom. The fraction of sp³-hybridized carbons (Fsp3) is 0.381. The lowest BCUT2D eigenvalue weighted by molar-refractivity contribution is -0.114. The predicted molar refractivity (Wildman–Crippen MR) is 119 cm³/mol. The highest BCUT2D eigenvalue weighted by molar-refractivity contribution is 7.89. The number of benzene rings is 2. The van der Waals surface area contributed by atoms with E-state index in [4.69, 9.17) is 16.3 Å². The van der Waals surface area contributed by atoms with Crippen LogP contribution < -0.4 is 15.4 Å². The van der Waals surface area contributed by atoms with E-state index >= 15 is 0 Å². The van der Waals surface area contributed by atoms with Gasteiger partial charge in [-0.2, -0.15) is 4.31 Å². The summed E-state index contributed by atoms with van der Waals surface area (Å²) in [6, 6.07) is 10.0. The molecule has 1 heterocycles. The Bertz CT molecular complexity index is 1020. The van der Waals surface area contributed by atoms with Gasteiger partial charge in [0.1, 0.15) is 0 Å². The molecule has 0 bridgehead atoms. The van der Waals surface area contributed by atoms with Gasteiger partial charge in [-0.1, -0.05) is 30.2 Å². The Hall–Kier alpha value is -2.29. The number of carbonyl (C=O) groups excluding carboxylic acids is 1. The van der Waals surface area contributed by atoms with Crippen molar-refractivity contribution >= 4 is 38.9 Å². The topological polar surface area (TPSA) is 87.7 Å². The van der Waals surface area contributed by atoms with Crippen molar-refractivity contribution in [2.45, 2.75) is 31.1 Å². The lowest BCUT2D eigenvalue weighted by Crippen LogP contribution is -2.35.